The number of ether oxygens (including phenoxy) is 1. The van der Waals surface area contributed by atoms with Crippen molar-refractivity contribution in [2.75, 3.05) is 6.61 Å². The van der Waals surface area contributed by atoms with E-state index >= 15 is 0 Å². The number of hydrogen-bond acceptors (Lipinski definition) is 2. The normalized spacial score (nSPS) is 15.1. The maximum Gasteiger partial charge on any atom is 0.416 e. The van der Waals surface area contributed by atoms with E-state index in [0.717, 1.165) is 25.0 Å². The van der Waals surface area contributed by atoms with E-state index in [9.17, 15) is 13.2 Å². The van der Waals surface area contributed by atoms with Crippen LogP contribution in [0, 0.1) is 5.92 Å². The molecule has 1 fully saturated rings. The van der Waals surface area contributed by atoms with E-state index in [4.69, 9.17) is 10.3 Å². The molecule has 0 unspecified atom stereocenters. The predicted molar refractivity (Wildman–Crippen MR) is 58.5 cm³/mol. The van der Waals surface area contributed by atoms with Gasteiger partial charge in [-0.2, -0.15) is 13.2 Å². The summed E-state index contributed by atoms with van der Waals surface area (Å²) in [5.74, 6) is 0.515. The highest BCUT2D eigenvalue weighted by molar-refractivity contribution is 5.47. The summed E-state index contributed by atoms with van der Waals surface area (Å²) in [6.07, 6.45) is -2.40. The molecule has 1 aromatic carbocycles. The van der Waals surface area contributed by atoms with Gasteiger partial charge in [-0.25, -0.2) is 0 Å². The Morgan fingerprint density at radius 2 is 2.06 bits per heavy atom. The number of nitrogens with zero attached hydrogens (tertiary/aromatic N) is 3. The quantitative estimate of drug-likeness (QED) is 0.447. The van der Waals surface area contributed by atoms with Crippen molar-refractivity contribution in [3.8, 4) is 5.75 Å². The van der Waals surface area contributed by atoms with E-state index in [1.165, 1.54) is 6.07 Å². The molecule has 0 spiro atoms. The third-order valence-corrected chi connectivity index (χ3v) is 2.56. The SMILES string of the molecule is [N-]=[N+]=Nc1cc(OCC2CC2)cc(C(F)(F)F)c1. The highest BCUT2D eigenvalue weighted by Gasteiger charge is 2.31. The standard InChI is InChI=1S/C11H10F3N3O/c12-11(13,14)8-3-9(16-17-15)5-10(4-8)18-6-7-1-2-7/h3-5,7H,1-2,6H2. The molecule has 0 amide bonds. The number of alkyl halides is 3. The monoisotopic (exact) mass is 257 g/mol. The molecule has 1 aliphatic rings. The van der Waals surface area contributed by atoms with Crippen molar-refractivity contribution < 1.29 is 17.9 Å². The average molecular weight is 257 g/mol. The summed E-state index contributed by atoms with van der Waals surface area (Å²) in [7, 11) is 0. The molecule has 1 saturated carbocycles. The van der Waals surface area contributed by atoms with E-state index in [1.807, 2.05) is 0 Å². The van der Waals surface area contributed by atoms with Crippen molar-refractivity contribution >= 4 is 5.69 Å². The summed E-state index contributed by atoms with van der Waals surface area (Å²) < 4.78 is 43.1. The number of benzene rings is 1. The Morgan fingerprint density at radius 1 is 1.33 bits per heavy atom. The molecular weight excluding hydrogens is 247 g/mol. The zero-order valence-electron chi connectivity index (χ0n) is 9.31. The largest absolute Gasteiger partial charge is 0.493 e. The van der Waals surface area contributed by atoms with Crippen molar-refractivity contribution in [3.63, 3.8) is 0 Å². The number of halogens is 3. The summed E-state index contributed by atoms with van der Waals surface area (Å²) in [6.45, 7) is 0.400. The Labute approximate surface area is 101 Å². The first-order valence-corrected chi connectivity index (χ1v) is 5.39. The molecule has 4 nitrogen and oxygen atoms in total. The van der Waals surface area contributed by atoms with E-state index in [2.05, 4.69) is 10.0 Å². The average Bonchev–Trinajstić information content (AvgIpc) is 3.09. The van der Waals surface area contributed by atoms with E-state index in [0.29, 0.717) is 12.5 Å². The molecule has 96 valence electrons. The smallest absolute Gasteiger partial charge is 0.416 e. The summed E-state index contributed by atoms with van der Waals surface area (Å²) in [5.41, 5.74) is 7.29. The van der Waals surface area contributed by atoms with Crippen molar-refractivity contribution in [2.45, 2.75) is 19.0 Å². The predicted octanol–water partition coefficient (Wildman–Crippen LogP) is 4.44. The van der Waals surface area contributed by atoms with Crippen molar-refractivity contribution in [3.05, 3.63) is 34.2 Å². The van der Waals surface area contributed by atoms with E-state index in [1.54, 1.807) is 0 Å². The van der Waals surface area contributed by atoms with Crippen LogP contribution >= 0.6 is 0 Å². The molecule has 0 aromatic heterocycles. The Bertz CT molecular complexity index is 491. The molecule has 0 atom stereocenters. The lowest BCUT2D eigenvalue weighted by Crippen LogP contribution is -2.06. The first-order valence-electron chi connectivity index (χ1n) is 5.39. The molecule has 1 aliphatic carbocycles. The van der Waals surface area contributed by atoms with Gasteiger partial charge in [-0.05, 0) is 42.5 Å². The van der Waals surface area contributed by atoms with Crippen LogP contribution in [-0.4, -0.2) is 6.61 Å². The van der Waals surface area contributed by atoms with Crippen LogP contribution in [0.25, 0.3) is 10.4 Å². The van der Waals surface area contributed by atoms with Crippen LogP contribution in [0.15, 0.2) is 23.3 Å². The molecule has 0 bridgehead atoms. The van der Waals surface area contributed by atoms with Gasteiger partial charge in [0, 0.05) is 10.6 Å². The summed E-state index contributed by atoms with van der Waals surface area (Å²) in [4.78, 5) is 2.48. The van der Waals surface area contributed by atoms with Gasteiger partial charge in [-0.15, -0.1) is 0 Å². The Balaban J connectivity index is 2.25. The van der Waals surface area contributed by atoms with Crippen molar-refractivity contribution in [1.82, 2.24) is 0 Å². The van der Waals surface area contributed by atoms with Gasteiger partial charge in [0.05, 0.1) is 12.2 Å². The summed E-state index contributed by atoms with van der Waals surface area (Å²) in [5, 5.41) is 3.18. The molecule has 18 heavy (non-hydrogen) atoms. The van der Waals surface area contributed by atoms with E-state index in [-0.39, 0.29) is 11.4 Å². The Morgan fingerprint density at radius 3 is 2.61 bits per heavy atom. The van der Waals surface area contributed by atoms with Crippen LogP contribution in [-0.2, 0) is 6.18 Å². The second-order valence-corrected chi connectivity index (χ2v) is 4.16. The van der Waals surface area contributed by atoms with Gasteiger partial charge < -0.3 is 4.74 Å². The fourth-order valence-electron chi connectivity index (χ4n) is 1.44. The van der Waals surface area contributed by atoms with Crippen LogP contribution < -0.4 is 4.74 Å². The zero-order chi connectivity index (χ0) is 13.2. The Hall–Kier alpha value is -1.88. The lowest BCUT2D eigenvalue weighted by molar-refractivity contribution is -0.137. The molecule has 0 radical (unpaired) electrons. The molecule has 0 aliphatic heterocycles. The maximum atomic E-state index is 12.6. The van der Waals surface area contributed by atoms with Gasteiger partial charge in [0.2, 0.25) is 0 Å². The topological polar surface area (TPSA) is 58.0 Å². The van der Waals surface area contributed by atoms with Crippen molar-refractivity contribution in [1.29, 1.82) is 0 Å². The maximum absolute atomic E-state index is 12.6. The van der Waals surface area contributed by atoms with Crippen LogP contribution in [0.1, 0.15) is 18.4 Å². The number of hydrogen-bond donors (Lipinski definition) is 0. The first-order chi connectivity index (χ1) is 8.49. The van der Waals surface area contributed by atoms with Crippen LogP contribution in [0.2, 0.25) is 0 Å². The summed E-state index contributed by atoms with van der Waals surface area (Å²) in [6, 6.07) is 3.01. The minimum absolute atomic E-state index is 0.0825. The molecular formula is C11H10F3N3O. The van der Waals surface area contributed by atoms with Crippen LogP contribution in [0.3, 0.4) is 0 Å². The minimum atomic E-state index is -4.49. The molecule has 0 N–H and O–H groups in total. The van der Waals surface area contributed by atoms with Gasteiger partial charge >= 0.3 is 6.18 Å². The molecule has 0 saturated heterocycles. The third kappa shape index (κ3) is 3.30. The van der Waals surface area contributed by atoms with Gasteiger partial charge in [0.1, 0.15) is 5.75 Å². The van der Waals surface area contributed by atoms with Crippen LogP contribution in [0.5, 0.6) is 5.75 Å². The Kier molecular flexibility index (Phi) is 3.34. The second-order valence-electron chi connectivity index (χ2n) is 4.16. The second kappa shape index (κ2) is 4.78. The van der Waals surface area contributed by atoms with Gasteiger partial charge in [-0.3, -0.25) is 0 Å². The first kappa shape index (κ1) is 12.6. The zero-order valence-corrected chi connectivity index (χ0v) is 9.31. The van der Waals surface area contributed by atoms with Gasteiger partial charge in [0.25, 0.3) is 0 Å². The third-order valence-electron chi connectivity index (χ3n) is 2.56. The highest BCUT2D eigenvalue weighted by Crippen LogP contribution is 2.36. The lowest BCUT2D eigenvalue weighted by Gasteiger charge is -2.11. The van der Waals surface area contributed by atoms with E-state index < -0.39 is 11.7 Å². The van der Waals surface area contributed by atoms with Gasteiger partial charge in [-0.1, -0.05) is 5.11 Å². The van der Waals surface area contributed by atoms with Crippen LogP contribution in [0.4, 0.5) is 18.9 Å². The summed E-state index contributed by atoms with van der Waals surface area (Å²) >= 11 is 0. The lowest BCUT2D eigenvalue weighted by atomic mass is 10.2. The molecule has 2 rings (SSSR count). The number of rotatable bonds is 4. The minimum Gasteiger partial charge on any atom is -0.493 e. The fraction of sp³-hybridized carbons (Fsp3) is 0.455. The molecule has 7 heteroatoms. The molecule has 1 aromatic rings. The molecule has 0 heterocycles. The van der Waals surface area contributed by atoms with Crippen molar-refractivity contribution in [2.24, 2.45) is 11.0 Å². The highest BCUT2D eigenvalue weighted by atomic mass is 19.4. The fourth-order valence-corrected chi connectivity index (χ4v) is 1.44. The number of azide groups is 1. The van der Waals surface area contributed by atoms with Gasteiger partial charge in [0.15, 0.2) is 0 Å².